The molecule has 5 nitrogen and oxygen atoms in total. The maximum atomic E-state index is 9.00. The summed E-state index contributed by atoms with van der Waals surface area (Å²) in [5, 5.41) is 14.1. The van der Waals surface area contributed by atoms with E-state index in [1.165, 1.54) is 38.5 Å². The molecular formula is C14H33N3O2. The van der Waals surface area contributed by atoms with Crippen LogP contribution in [0.15, 0.2) is 0 Å². The van der Waals surface area contributed by atoms with E-state index < -0.39 is 5.97 Å². The number of carboxylic acids is 1. The standard InChI is InChI=1S/C12H29N3.C2H4O2/c1-2-3-4-5-6-7-9-14-11-12-15-10-8-13;1-2(3)4/h14-15H,2-13H2,1H3;1H3,(H,3,4). The Morgan fingerprint density at radius 3 is 1.95 bits per heavy atom. The highest BCUT2D eigenvalue weighted by atomic mass is 16.4. The summed E-state index contributed by atoms with van der Waals surface area (Å²) in [5.41, 5.74) is 5.37. The van der Waals surface area contributed by atoms with Crippen molar-refractivity contribution >= 4 is 5.97 Å². The van der Waals surface area contributed by atoms with Gasteiger partial charge in [0.25, 0.3) is 5.97 Å². The van der Waals surface area contributed by atoms with Crippen LogP contribution in [0.2, 0.25) is 0 Å². The monoisotopic (exact) mass is 275 g/mol. The van der Waals surface area contributed by atoms with Crippen LogP contribution in [0.4, 0.5) is 0 Å². The normalized spacial score (nSPS) is 9.84. The lowest BCUT2D eigenvalue weighted by molar-refractivity contribution is -0.134. The third kappa shape index (κ3) is 31.7. The Balaban J connectivity index is 0. The van der Waals surface area contributed by atoms with Gasteiger partial charge < -0.3 is 21.5 Å². The molecule has 0 unspecified atom stereocenters. The molecule has 0 bridgehead atoms. The molecule has 0 heterocycles. The smallest absolute Gasteiger partial charge is 0.300 e. The quantitative estimate of drug-likeness (QED) is 0.406. The van der Waals surface area contributed by atoms with Crippen molar-refractivity contribution in [2.24, 2.45) is 5.73 Å². The van der Waals surface area contributed by atoms with E-state index in [4.69, 9.17) is 15.6 Å². The largest absolute Gasteiger partial charge is 0.481 e. The molecule has 0 aliphatic rings. The van der Waals surface area contributed by atoms with Gasteiger partial charge in [-0.25, -0.2) is 0 Å². The zero-order valence-electron chi connectivity index (χ0n) is 12.7. The molecule has 0 radical (unpaired) electrons. The first kappa shape index (κ1) is 20.7. The molecule has 0 aliphatic carbocycles. The second kappa shape index (κ2) is 19.7. The average Bonchev–Trinajstić information content (AvgIpc) is 2.35. The fourth-order valence-corrected chi connectivity index (χ4v) is 1.56. The summed E-state index contributed by atoms with van der Waals surface area (Å²) in [7, 11) is 0. The van der Waals surface area contributed by atoms with Crippen molar-refractivity contribution < 1.29 is 9.90 Å². The number of aliphatic carboxylic acids is 1. The van der Waals surface area contributed by atoms with Gasteiger partial charge in [0, 0.05) is 33.1 Å². The highest BCUT2D eigenvalue weighted by molar-refractivity contribution is 5.62. The Bertz CT molecular complexity index is 162. The molecule has 5 N–H and O–H groups in total. The summed E-state index contributed by atoms with van der Waals surface area (Å²) in [5.74, 6) is -0.833. The topological polar surface area (TPSA) is 87.4 Å². The molecule has 0 aromatic carbocycles. The molecule has 0 aliphatic heterocycles. The molecule has 5 heteroatoms. The Morgan fingerprint density at radius 1 is 0.947 bits per heavy atom. The number of carboxylic acid groups (broad SMARTS) is 1. The molecule has 19 heavy (non-hydrogen) atoms. The predicted molar refractivity (Wildman–Crippen MR) is 81.5 cm³/mol. The van der Waals surface area contributed by atoms with Crippen LogP contribution in [0, 0.1) is 0 Å². The predicted octanol–water partition coefficient (Wildman–Crippen LogP) is 1.58. The van der Waals surface area contributed by atoms with Gasteiger partial charge in [0.15, 0.2) is 0 Å². The van der Waals surface area contributed by atoms with Crippen LogP contribution in [0.1, 0.15) is 52.4 Å². The second-order valence-corrected chi connectivity index (χ2v) is 4.58. The summed E-state index contributed by atoms with van der Waals surface area (Å²) in [6, 6.07) is 0. The number of hydrogen-bond donors (Lipinski definition) is 4. The number of carbonyl (C=O) groups is 1. The first-order valence-corrected chi connectivity index (χ1v) is 7.46. The average molecular weight is 275 g/mol. The van der Waals surface area contributed by atoms with E-state index in [9.17, 15) is 0 Å². The van der Waals surface area contributed by atoms with Gasteiger partial charge in [-0.05, 0) is 13.0 Å². The van der Waals surface area contributed by atoms with E-state index in [2.05, 4.69) is 17.6 Å². The Hall–Kier alpha value is -0.650. The van der Waals surface area contributed by atoms with Gasteiger partial charge in [-0.3, -0.25) is 4.79 Å². The fourth-order valence-electron chi connectivity index (χ4n) is 1.56. The third-order valence-electron chi connectivity index (χ3n) is 2.51. The molecule has 0 aromatic rings. The number of hydrogen-bond acceptors (Lipinski definition) is 4. The molecule has 0 spiro atoms. The molecule has 0 rings (SSSR count). The lowest BCUT2D eigenvalue weighted by Crippen LogP contribution is -2.31. The van der Waals surface area contributed by atoms with Crippen LogP contribution in [0.3, 0.4) is 0 Å². The summed E-state index contributed by atoms with van der Waals surface area (Å²) < 4.78 is 0. The SMILES string of the molecule is CC(=O)O.CCCCCCCCNCCNCCN. The lowest BCUT2D eigenvalue weighted by Gasteiger charge is -2.05. The van der Waals surface area contributed by atoms with E-state index in [1.807, 2.05) is 0 Å². The number of rotatable bonds is 12. The highest BCUT2D eigenvalue weighted by Crippen LogP contribution is 2.03. The minimum Gasteiger partial charge on any atom is -0.481 e. The van der Waals surface area contributed by atoms with E-state index >= 15 is 0 Å². The van der Waals surface area contributed by atoms with Crippen LogP contribution in [-0.4, -0.2) is 43.8 Å². The number of nitrogens with two attached hydrogens (primary N) is 1. The third-order valence-corrected chi connectivity index (χ3v) is 2.51. The van der Waals surface area contributed by atoms with Gasteiger partial charge >= 0.3 is 0 Å². The Labute approximate surface area is 118 Å². The van der Waals surface area contributed by atoms with Gasteiger partial charge in [-0.15, -0.1) is 0 Å². The van der Waals surface area contributed by atoms with E-state index in [0.717, 1.165) is 39.6 Å². The van der Waals surface area contributed by atoms with Crippen LogP contribution >= 0.6 is 0 Å². The summed E-state index contributed by atoms with van der Waals surface area (Å²) in [6.07, 6.45) is 8.25. The van der Waals surface area contributed by atoms with Gasteiger partial charge in [0.05, 0.1) is 0 Å². The minimum atomic E-state index is -0.833. The fraction of sp³-hybridized carbons (Fsp3) is 0.929. The molecule has 0 atom stereocenters. The first-order valence-electron chi connectivity index (χ1n) is 7.46. The van der Waals surface area contributed by atoms with Gasteiger partial charge in [0.2, 0.25) is 0 Å². The summed E-state index contributed by atoms with van der Waals surface area (Å²) >= 11 is 0. The van der Waals surface area contributed by atoms with Crippen molar-refractivity contribution in [3.63, 3.8) is 0 Å². The first-order chi connectivity index (χ1) is 9.15. The van der Waals surface area contributed by atoms with Gasteiger partial charge in [0.1, 0.15) is 0 Å². The number of nitrogens with one attached hydrogen (secondary N) is 2. The van der Waals surface area contributed by atoms with Crippen molar-refractivity contribution in [3.8, 4) is 0 Å². The molecule has 0 saturated carbocycles. The lowest BCUT2D eigenvalue weighted by atomic mass is 10.1. The van der Waals surface area contributed by atoms with Crippen LogP contribution < -0.4 is 16.4 Å². The zero-order chi connectivity index (χ0) is 14.8. The van der Waals surface area contributed by atoms with Crippen LogP contribution in [0.25, 0.3) is 0 Å². The Kier molecular flexibility index (Phi) is 21.4. The molecule has 0 aromatic heterocycles. The van der Waals surface area contributed by atoms with E-state index in [0.29, 0.717) is 0 Å². The molecule has 0 amide bonds. The van der Waals surface area contributed by atoms with E-state index in [1.54, 1.807) is 0 Å². The van der Waals surface area contributed by atoms with Gasteiger partial charge in [-0.2, -0.15) is 0 Å². The molecule has 0 saturated heterocycles. The number of unbranched alkanes of at least 4 members (excludes halogenated alkanes) is 5. The van der Waals surface area contributed by atoms with Crippen LogP contribution in [0.5, 0.6) is 0 Å². The molecule has 0 fully saturated rings. The molecular weight excluding hydrogens is 242 g/mol. The zero-order valence-corrected chi connectivity index (χ0v) is 12.7. The summed E-state index contributed by atoms with van der Waals surface area (Å²) in [6.45, 7) is 8.27. The van der Waals surface area contributed by atoms with Crippen molar-refractivity contribution in [2.75, 3.05) is 32.7 Å². The van der Waals surface area contributed by atoms with Crippen molar-refractivity contribution in [1.29, 1.82) is 0 Å². The van der Waals surface area contributed by atoms with Crippen LogP contribution in [-0.2, 0) is 4.79 Å². The Morgan fingerprint density at radius 2 is 1.42 bits per heavy atom. The van der Waals surface area contributed by atoms with Gasteiger partial charge in [-0.1, -0.05) is 39.0 Å². The minimum absolute atomic E-state index is 0.734. The van der Waals surface area contributed by atoms with E-state index in [-0.39, 0.29) is 0 Å². The highest BCUT2D eigenvalue weighted by Gasteiger charge is 1.90. The van der Waals surface area contributed by atoms with Crippen molar-refractivity contribution in [1.82, 2.24) is 10.6 Å². The van der Waals surface area contributed by atoms with Crippen molar-refractivity contribution in [3.05, 3.63) is 0 Å². The summed E-state index contributed by atoms with van der Waals surface area (Å²) in [4.78, 5) is 9.00. The maximum Gasteiger partial charge on any atom is 0.300 e. The second-order valence-electron chi connectivity index (χ2n) is 4.58. The molecule has 116 valence electrons. The maximum absolute atomic E-state index is 9.00. The van der Waals surface area contributed by atoms with Crippen molar-refractivity contribution in [2.45, 2.75) is 52.4 Å².